The summed E-state index contributed by atoms with van der Waals surface area (Å²) in [5, 5.41) is 2.01. The molecule has 0 atom stereocenters. The summed E-state index contributed by atoms with van der Waals surface area (Å²) in [6.45, 7) is 0. The van der Waals surface area contributed by atoms with E-state index in [0.29, 0.717) is 17.5 Å². The molecular weight excluding hydrogens is 683 g/mol. The highest BCUT2D eigenvalue weighted by Crippen LogP contribution is 2.63. The average molecular weight is 714 g/mol. The summed E-state index contributed by atoms with van der Waals surface area (Å²) in [6.07, 6.45) is 0. The molecule has 2 heterocycles. The number of hydrogen-bond acceptors (Lipinski definition) is 4. The predicted molar refractivity (Wildman–Crippen MR) is 225 cm³/mol. The van der Waals surface area contributed by atoms with E-state index in [9.17, 15) is 0 Å². The maximum atomic E-state index is 6.66. The van der Waals surface area contributed by atoms with E-state index in [4.69, 9.17) is 19.4 Å². The van der Waals surface area contributed by atoms with Gasteiger partial charge in [0.1, 0.15) is 11.2 Å². The number of hydrogen-bond donors (Lipinski definition) is 0. The van der Waals surface area contributed by atoms with Crippen LogP contribution in [0.2, 0.25) is 0 Å². The van der Waals surface area contributed by atoms with Crippen molar-refractivity contribution in [1.82, 2.24) is 15.0 Å². The zero-order valence-electron chi connectivity index (χ0n) is 30.1. The van der Waals surface area contributed by atoms with E-state index in [1.165, 1.54) is 44.5 Å². The molecule has 10 aromatic rings. The van der Waals surface area contributed by atoms with E-state index in [2.05, 4.69) is 115 Å². The molecular formula is C52H31N3O. The van der Waals surface area contributed by atoms with Crippen molar-refractivity contribution in [2.75, 3.05) is 0 Å². The van der Waals surface area contributed by atoms with E-state index in [-0.39, 0.29) is 0 Å². The Bertz CT molecular complexity index is 3080. The molecule has 0 saturated heterocycles. The number of benzene rings is 8. The third-order valence-electron chi connectivity index (χ3n) is 11.8. The van der Waals surface area contributed by atoms with Crippen molar-refractivity contribution in [3.63, 3.8) is 0 Å². The second-order valence-electron chi connectivity index (χ2n) is 14.7. The van der Waals surface area contributed by atoms with E-state index < -0.39 is 5.41 Å². The van der Waals surface area contributed by atoms with Gasteiger partial charge >= 0.3 is 0 Å². The van der Waals surface area contributed by atoms with Gasteiger partial charge in [0.05, 0.1) is 5.41 Å². The minimum atomic E-state index is -0.394. The van der Waals surface area contributed by atoms with Crippen molar-refractivity contribution < 1.29 is 4.42 Å². The van der Waals surface area contributed by atoms with E-state index in [1.54, 1.807) is 0 Å². The first-order valence-corrected chi connectivity index (χ1v) is 19.0. The number of nitrogens with zero attached hydrogens (tertiary/aromatic N) is 3. The maximum absolute atomic E-state index is 6.66. The Hall–Kier alpha value is -7.43. The zero-order chi connectivity index (χ0) is 36.8. The number of fused-ring (bicyclic) bond motifs is 13. The van der Waals surface area contributed by atoms with Crippen LogP contribution in [0.15, 0.2) is 192 Å². The van der Waals surface area contributed by atoms with Crippen LogP contribution in [-0.2, 0) is 5.41 Å². The summed E-state index contributed by atoms with van der Waals surface area (Å²) in [7, 11) is 0. The maximum Gasteiger partial charge on any atom is 0.164 e. The summed E-state index contributed by atoms with van der Waals surface area (Å²) in [4.78, 5) is 15.0. The van der Waals surface area contributed by atoms with Crippen molar-refractivity contribution in [3.05, 3.63) is 210 Å². The van der Waals surface area contributed by atoms with Crippen LogP contribution in [0, 0.1) is 0 Å². The lowest BCUT2D eigenvalue weighted by atomic mass is 9.70. The molecule has 0 saturated carbocycles. The van der Waals surface area contributed by atoms with Gasteiger partial charge in [-0.05, 0) is 79.9 Å². The lowest BCUT2D eigenvalue weighted by Crippen LogP contribution is -2.25. The summed E-state index contributed by atoms with van der Waals surface area (Å²) < 4.78 is 6.66. The molecule has 0 bridgehead atoms. The fourth-order valence-corrected chi connectivity index (χ4v) is 9.40. The normalized spacial score (nSPS) is 13.1. The fraction of sp³-hybridized carbons (Fsp3) is 0.0192. The molecule has 0 aliphatic heterocycles. The first kappa shape index (κ1) is 31.0. The largest absolute Gasteiger partial charge is 0.456 e. The Morgan fingerprint density at radius 3 is 1.41 bits per heavy atom. The van der Waals surface area contributed by atoms with Crippen LogP contribution in [0.4, 0.5) is 0 Å². The Morgan fingerprint density at radius 2 is 0.804 bits per heavy atom. The Balaban J connectivity index is 1.03. The monoisotopic (exact) mass is 713 g/mol. The molecule has 260 valence electrons. The fourth-order valence-electron chi connectivity index (χ4n) is 9.40. The van der Waals surface area contributed by atoms with Gasteiger partial charge in [-0.25, -0.2) is 15.0 Å². The van der Waals surface area contributed by atoms with Gasteiger partial charge in [-0.1, -0.05) is 164 Å². The van der Waals surface area contributed by atoms with Crippen molar-refractivity contribution >= 4 is 21.9 Å². The highest BCUT2D eigenvalue weighted by molar-refractivity contribution is 6.12. The molecule has 0 fully saturated rings. The highest BCUT2D eigenvalue weighted by atomic mass is 16.3. The molecule has 0 amide bonds. The molecule has 0 radical (unpaired) electrons. The zero-order valence-corrected chi connectivity index (χ0v) is 30.1. The van der Waals surface area contributed by atoms with Gasteiger partial charge in [0.15, 0.2) is 17.5 Å². The number of aromatic nitrogens is 3. The molecule has 56 heavy (non-hydrogen) atoms. The van der Waals surface area contributed by atoms with Crippen LogP contribution in [0.1, 0.15) is 22.3 Å². The lowest BCUT2D eigenvalue weighted by molar-refractivity contribution is 0.669. The number of furan rings is 1. The van der Waals surface area contributed by atoms with Crippen LogP contribution in [0.5, 0.6) is 0 Å². The van der Waals surface area contributed by atoms with Gasteiger partial charge in [0, 0.05) is 27.5 Å². The molecule has 2 aromatic heterocycles. The SMILES string of the molecule is c1ccc(-c2nc(-c3ccccc3)nc(-c3cccc4oc5cc(-c6ccc7c(c6)C6(c8ccccc8-c8ccccc86)c6ccccc6-7)ccc5c34)n2)cc1. The third kappa shape index (κ3) is 4.32. The smallest absolute Gasteiger partial charge is 0.164 e. The molecule has 4 heteroatoms. The number of rotatable bonds is 4. The van der Waals surface area contributed by atoms with Gasteiger partial charge < -0.3 is 4.42 Å². The van der Waals surface area contributed by atoms with E-state index in [1.807, 2.05) is 72.8 Å². The minimum Gasteiger partial charge on any atom is -0.456 e. The summed E-state index contributed by atoms with van der Waals surface area (Å²) in [5.41, 5.74) is 16.8. The molecule has 12 rings (SSSR count). The summed E-state index contributed by atoms with van der Waals surface area (Å²) >= 11 is 0. The van der Waals surface area contributed by atoms with Crippen molar-refractivity contribution in [2.45, 2.75) is 5.41 Å². The average Bonchev–Trinajstić information content (AvgIpc) is 3.90. The molecule has 0 N–H and O–H groups in total. The van der Waals surface area contributed by atoms with Crippen LogP contribution < -0.4 is 0 Å². The van der Waals surface area contributed by atoms with E-state index >= 15 is 0 Å². The van der Waals surface area contributed by atoms with Crippen molar-refractivity contribution in [3.8, 4) is 67.5 Å². The molecule has 2 aliphatic rings. The van der Waals surface area contributed by atoms with Crippen LogP contribution >= 0.6 is 0 Å². The first-order valence-electron chi connectivity index (χ1n) is 19.0. The van der Waals surface area contributed by atoms with Crippen LogP contribution in [-0.4, -0.2) is 15.0 Å². The lowest BCUT2D eigenvalue weighted by Gasteiger charge is -2.30. The minimum absolute atomic E-state index is 0.394. The van der Waals surface area contributed by atoms with Crippen molar-refractivity contribution in [1.29, 1.82) is 0 Å². The van der Waals surface area contributed by atoms with Gasteiger partial charge in [0.25, 0.3) is 0 Å². The Kier molecular flexibility index (Phi) is 6.52. The molecule has 2 aliphatic carbocycles. The molecule has 0 unspecified atom stereocenters. The molecule has 1 spiro atoms. The van der Waals surface area contributed by atoms with Crippen molar-refractivity contribution in [2.24, 2.45) is 0 Å². The van der Waals surface area contributed by atoms with Gasteiger partial charge in [-0.3, -0.25) is 0 Å². The summed E-state index contributed by atoms with van der Waals surface area (Å²) in [6, 6.07) is 66.7. The van der Waals surface area contributed by atoms with Gasteiger partial charge in [-0.15, -0.1) is 0 Å². The first-order chi connectivity index (χ1) is 27.8. The van der Waals surface area contributed by atoms with Crippen LogP contribution in [0.3, 0.4) is 0 Å². The quantitative estimate of drug-likeness (QED) is 0.182. The highest BCUT2D eigenvalue weighted by Gasteiger charge is 2.51. The second kappa shape index (κ2) is 11.8. The van der Waals surface area contributed by atoms with Gasteiger partial charge in [-0.2, -0.15) is 0 Å². The van der Waals surface area contributed by atoms with E-state index in [0.717, 1.165) is 49.8 Å². The standard InChI is InChI=1S/C52H31N3O/c1-3-14-32(15-4-1)49-53-50(33-16-5-2-6-17-33)55-51(54-49)41-21-13-25-46-48(41)40-29-27-35(31-47(40)56-46)34-26-28-39-38-20-9-12-24-44(38)52(45(39)30-34)42-22-10-7-18-36(42)37-19-8-11-23-43(37)52/h1-31H. The Labute approximate surface area is 323 Å². The van der Waals surface area contributed by atoms with Gasteiger partial charge in [0.2, 0.25) is 0 Å². The molecule has 8 aromatic carbocycles. The topological polar surface area (TPSA) is 51.8 Å². The van der Waals surface area contributed by atoms with Crippen LogP contribution in [0.25, 0.3) is 89.5 Å². The Morgan fingerprint density at radius 1 is 0.321 bits per heavy atom. The third-order valence-corrected chi connectivity index (χ3v) is 11.8. The predicted octanol–water partition coefficient (Wildman–Crippen LogP) is 12.8. The second-order valence-corrected chi connectivity index (χ2v) is 14.7. The summed E-state index contributed by atoms with van der Waals surface area (Å²) in [5.74, 6) is 1.87. The molecule has 4 nitrogen and oxygen atoms in total.